The minimum absolute atomic E-state index is 0.365. The number of carboxylic acids is 1. The molecule has 60 valence electrons. The second-order valence-corrected chi connectivity index (χ2v) is 3.00. The molecule has 4 N–H and O–H groups in total. The highest BCUT2D eigenvalue weighted by Crippen LogP contribution is 1.90. The van der Waals surface area contributed by atoms with Gasteiger partial charge in [0.1, 0.15) is 0 Å². The van der Waals surface area contributed by atoms with E-state index in [1.165, 1.54) is 0 Å². The lowest BCUT2D eigenvalue weighted by Crippen LogP contribution is -2.39. The summed E-state index contributed by atoms with van der Waals surface area (Å²) in [5.74, 6) is -1.13. The van der Waals surface area contributed by atoms with E-state index in [2.05, 4.69) is 4.43 Å². The summed E-state index contributed by atoms with van der Waals surface area (Å²) in [5.41, 5.74) is 0. The summed E-state index contributed by atoms with van der Waals surface area (Å²) in [4.78, 5) is 34.3. The largest absolute Gasteiger partial charge is 0.671 e. The van der Waals surface area contributed by atoms with Crippen LogP contribution in [0.15, 0.2) is 0 Å². The van der Waals surface area contributed by atoms with Gasteiger partial charge in [0.15, 0.2) is 0 Å². The summed E-state index contributed by atoms with van der Waals surface area (Å²) in [7, 11) is -4.49. The normalized spacial score (nSPS) is 11.5. The Morgan fingerprint density at radius 2 is 1.90 bits per heavy atom. The van der Waals surface area contributed by atoms with E-state index in [4.69, 9.17) is 19.5 Å². The van der Waals surface area contributed by atoms with E-state index in [0.717, 1.165) is 0 Å². The molecular formula is C3H8O6Si. The minimum Gasteiger partial charge on any atom is -0.481 e. The Morgan fingerprint density at radius 1 is 1.40 bits per heavy atom. The van der Waals surface area contributed by atoms with Crippen LogP contribution in [0.3, 0.4) is 0 Å². The van der Waals surface area contributed by atoms with Crippen molar-refractivity contribution in [3.05, 3.63) is 0 Å². The molecule has 10 heavy (non-hydrogen) atoms. The maximum atomic E-state index is 9.78. The second kappa shape index (κ2) is 3.64. The van der Waals surface area contributed by atoms with E-state index in [1.807, 2.05) is 0 Å². The molecule has 0 aliphatic heterocycles. The molecule has 0 aromatic rings. The molecule has 0 rings (SSSR count). The fraction of sp³-hybridized carbons (Fsp3) is 0.667. The summed E-state index contributed by atoms with van der Waals surface area (Å²) in [6.07, 6.45) is -0.365. The fourth-order valence-electron chi connectivity index (χ4n) is 0.275. The van der Waals surface area contributed by atoms with Gasteiger partial charge in [-0.25, -0.2) is 0 Å². The Morgan fingerprint density at radius 3 is 2.20 bits per heavy atom. The minimum atomic E-state index is -4.49. The third kappa shape index (κ3) is 7.53. The lowest BCUT2D eigenvalue weighted by atomic mass is 10.5. The Hall–Kier alpha value is -0.473. The molecule has 0 saturated carbocycles. The first-order chi connectivity index (χ1) is 4.42. The lowest BCUT2D eigenvalue weighted by Gasteiger charge is -2.07. The van der Waals surface area contributed by atoms with Crippen LogP contribution in [0.5, 0.6) is 0 Å². The van der Waals surface area contributed by atoms with Crippen molar-refractivity contribution < 1.29 is 28.7 Å². The maximum absolute atomic E-state index is 9.78. The Balaban J connectivity index is 3.29. The van der Waals surface area contributed by atoms with Crippen molar-refractivity contribution in [1.29, 1.82) is 0 Å². The Bertz CT molecular complexity index is 117. The number of rotatable bonds is 4. The first-order valence-corrected chi connectivity index (χ1v) is 4.19. The summed E-state index contributed by atoms with van der Waals surface area (Å²) in [6, 6.07) is 0. The van der Waals surface area contributed by atoms with E-state index in [0.29, 0.717) is 0 Å². The van der Waals surface area contributed by atoms with Crippen LogP contribution in [0, 0.1) is 0 Å². The zero-order valence-electron chi connectivity index (χ0n) is 5.02. The number of carboxylic acid groups (broad SMARTS) is 1. The number of hydrogen-bond donors (Lipinski definition) is 4. The summed E-state index contributed by atoms with van der Waals surface area (Å²) < 4.78 is 3.96. The van der Waals surface area contributed by atoms with Crippen molar-refractivity contribution in [3.8, 4) is 0 Å². The monoisotopic (exact) mass is 168 g/mol. The van der Waals surface area contributed by atoms with Crippen LogP contribution in [0.2, 0.25) is 0 Å². The van der Waals surface area contributed by atoms with Gasteiger partial charge in [-0.2, -0.15) is 0 Å². The lowest BCUT2D eigenvalue weighted by molar-refractivity contribution is -0.137. The second-order valence-electron chi connectivity index (χ2n) is 1.57. The van der Waals surface area contributed by atoms with Gasteiger partial charge < -0.3 is 23.9 Å². The Labute approximate surface area is 57.8 Å². The zero-order valence-corrected chi connectivity index (χ0v) is 6.02. The number of hydrogen-bond acceptors (Lipinski definition) is 5. The average molecular weight is 168 g/mol. The predicted octanol–water partition coefficient (Wildman–Crippen LogP) is -2.11. The molecule has 0 amide bonds. The molecule has 0 atom stereocenters. The molecule has 7 heteroatoms. The molecule has 0 aliphatic carbocycles. The molecule has 0 aromatic heterocycles. The first kappa shape index (κ1) is 9.53. The summed E-state index contributed by atoms with van der Waals surface area (Å²) in [5, 5.41) is 8.00. The highest BCUT2D eigenvalue weighted by Gasteiger charge is 2.30. The molecule has 0 bridgehead atoms. The Kier molecular flexibility index (Phi) is 3.46. The van der Waals surface area contributed by atoms with Gasteiger partial charge in [0.25, 0.3) is 0 Å². The van der Waals surface area contributed by atoms with Gasteiger partial charge in [-0.3, -0.25) is 4.79 Å². The van der Waals surface area contributed by atoms with Gasteiger partial charge in [0.2, 0.25) is 0 Å². The standard InChI is InChI=1S/C3H8O6Si/c4-3(5)1-2-9-10(6,7)8/h6-8H,1-2H2,(H,4,5). The van der Waals surface area contributed by atoms with E-state index < -0.39 is 21.6 Å². The van der Waals surface area contributed by atoms with E-state index in [9.17, 15) is 4.79 Å². The molecule has 0 radical (unpaired) electrons. The molecule has 0 spiro atoms. The smallest absolute Gasteiger partial charge is 0.481 e. The van der Waals surface area contributed by atoms with Gasteiger partial charge in [0.05, 0.1) is 13.0 Å². The van der Waals surface area contributed by atoms with Crippen LogP contribution in [-0.2, 0) is 9.22 Å². The highest BCUT2D eigenvalue weighted by molar-refractivity contribution is 6.48. The van der Waals surface area contributed by atoms with Crippen LogP contribution in [0.1, 0.15) is 6.42 Å². The van der Waals surface area contributed by atoms with Crippen molar-refractivity contribution in [2.75, 3.05) is 6.61 Å². The van der Waals surface area contributed by atoms with Gasteiger partial charge in [-0.05, 0) is 0 Å². The fourth-order valence-corrected chi connectivity index (χ4v) is 0.651. The van der Waals surface area contributed by atoms with Crippen molar-refractivity contribution in [2.45, 2.75) is 6.42 Å². The molecule has 0 aromatic carbocycles. The van der Waals surface area contributed by atoms with Crippen molar-refractivity contribution in [3.63, 3.8) is 0 Å². The molecule has 0 unspecified atom stereocenters. The van der Waals surface area contributed by atoms with Crippen LogP contribution >= 0.6 is 0 Å². The summed E-state index contributed by atoms with van der Waals surface area (Å²) >= 11 is 0. The third-order valence-electron chi connectivity index (χ3n) is 0.612. The topological polar surface area (TPSA) is 107 Å². The quantitative estimate of drug-likeness (QED) is 0.358. The van der Waals surface area contributed by atoms with Crippen LogP contribution < -0.4 is 0 Å². The van der Waals surface area contributed by atoms with Crippen molar-refractivity contribution in [1.82, 2.24) is 0 Å². The molecule has 0 aliphatic rings. The van der Waals surface area contributed by atoms with Gasteiger partial charge in [-0.1, -0.05) is 0 Å². The molecule has 0 fully saturated rings. The third-order valence-corrected chi connectivity index (χ3v) is 1.20. The highest BCUT2D eigenvalue weighted by atomic mass is 28.4. The predicted molar refractivity (Wildman–Crippen MR) is 30.6 cm³/mol. The van der Waals surface area contributed by atoms with Gasteiger partial charge in [-0.15, -0.1) is 0 Å². The first-order valence-electron chi connectivity index (χ1n) is 2.44. The molecule has 0 heterocycles. The van der Waals surface area contributed by atoms with E-state index in [-0.39, 0.29) is 6.42 Å². The number of aliphatic carboxylic acids is 1. The molecule has 6 nitrogen and oxygen atoms in total. The van der Waals surface area contributed by atoms with E-state index in [1.54, 1.807) is 0 Å². The average Bonchev–Trinajstić information content (AvgIpc) is 1.59. The SMILES string of the molecule is O=C(O)CCO[Si](O)(O)O. The summed E-state index contributed by atoms with van der Waals surface area (Å²) in [6.45, 7) is -0.398. The maximum Gasteiger partial charge on any atom is 0.671 e. The van der Waals surface area contributed by atoms with Gasteiger partial charge in [0, 0.05) is 0 Å². The molecular weight excluding hydrogens is 160 g/mol. The zero-order chi connectivity index (χ0) is 8.20. The van der Waals surface area contributed by atoms with Crippen LogP contribution in [-0.4, -0.2) is 41.1 Å². The van der Waals surface area contributed by atoms with Crippen LogP contribution in [0.25, 0.3) is 0 Å². The van der Waals surface area contributed by atoms with Crippen LogP contribution in [0.4, 0.5) is 0 Å². The number of carbonyl (C=O) groups is 1. The van der Waals surface area contributed by atoms with Gasteiger partial charge >= 0.3 is 15.0 Å². The molecule has 0 saturated heterocycles. The van der Waals surface area contributed by atoms with E-state index >= 15 is 0 Å². The van der Waals surface area contributed by atoms with Crippen molar-refractivity contribution in [2.24, 2.45) is 0 Å². The van der Waals surface area contributed by atoms with Crippen molar-refractivity contribution >= 4 is 15.0 Å².